The molecule has 4 aromatic rings. The molecule has 158 valence electrons. The van der Waals surface area contributed by atoms with Crippen molar-refractivity contribution in [3.63, 3.8) is 0 Å². The van der Waals surface area contributed by atoms with E-state index in [9.17, 15) is 18.0 Å². The highest BCUT2D eigenvalue weighted by atomic mass is 19.4. The van der Waals surface area contributed by atoms with Gasteiger partial charge in [0.2, 0.25) is 0 Å². The minimum atomic E-state index is -4.53. The van der Waals surface area contributed by atoms with Crippen LogP contribution >= 0.6 is 0 Å². The molecule has 0 spiro atoms. The Labute approximate surface area is 175 Å². The van der Waals surface area contributed by atoms with E-state index in [2.05, 4.69) is 20.1 Å². The third-order valence-corrected chi connectivity index (χ3v) is 4.91. The molecule has 3 heterocycles. The summed E-state index contributed by atoms with van der Waals surface area (Å²) in [6.45, 7) is 1.85. The average Bonchev–Trinajstić information content (AvgIpc) is 3.17. The number of carbonyl (C=O) groups is 1. The Morgan fingerprint density at radius 2 is 1.84 bits per heavy atom. The molecule has 0 fully saturated rings. The number of aromatic nitrogens is 5. The van der Waals surface area contributed by atoms with Crippen molar-refractivity contribution < 1.29 is 18.0 Å². The third kappa shape index (κ3) is 3.83. The highest BCUT2D eigenvalue weighted by molar-refractivity contribution is 6.04. The van der Waals surface area contributed by atoms with Gasteiger partial charge in [-0.2, -0.15) is 18.3 Å². The Hall–Kier alpha value is -3.82. The number of rotatable bonds is 3. The van der Waals surface area contributed by atoms with Crippen LogP contribution in [0.2, 0.25) is 0 Å². The van der Waals surface area contributed by atoms with Gasteiger partial charge in [-0.05, 0) is 48.9 Å². The molecule has 1 amide bonds. The third-order valence-electron chi connectivity index (χ3n) is 4.91. The first-order chi connectivity index (χ1) is 14.6. The number of pyridine rings is 1. The van der Waals surface area contributed by atoms with Gasteiger partial charge >= 0.3 is 6.18 Å². The number of nitrogens with zero attached hydrogens (tertiary/aromatic N) is 6. The van der Waals surface area contributed by atoms with Crippen molar-refractivity contribution in [2.24, 2.45) is 7.05 Å². The van der Waals surface area contributed by atoms with Gasteiger partial charge in [-0.1, -0.05) is 0 Å². The van der Waals surface area contributed by atoms with Crippen LogP contribution in [-0.2, 0) is 13.2 Å². The molecule has 0 aliphatic rings. The van der Waals surface area contributed by atoms with E-state index in [-0.39, 0.29) is 11.4 Å². The van der Waals surface area contributed by atoms with Crippen LogP contribution in [0.5, 0.6) is 0 Å². The predicted molar refractivity (Wildman–Crippen MR) is 108 cm³/mol. The van der Waals surface area contributed by atoms with Crippen LogP contribution in [0.15, 0.2) is 48.8 Å². The normalized spacial score (nSPS) is 11.7. The van der Waals surface area contributed by atoms with Gasteiger partial charge in [-0.25, -0.2) is 15.0 Å². The first kappa shape index (κ1) is 20.5. The van der Waals surface area contributed by atoms with Gasteiger partial charge in [0.05, 0.1) is 11.7 Å². The molecule has 1 aromatic carbocycles. The van der Waals surface area contributed by atoms with Crippen molar-refractivity contribution in [1.29, 1.82) is 0 Å². The standard InChI is InChI=1S/C21H17F3N6O/c1-12-10-13(29(2)20(31)17-8-9-26-30(17)3)4-5-14(12)19-25-11-16-15(28-19)6-7-18(27-16)21(22,23)24/h4-11H,1-3H3. The molecule has 4 rings (SSSR count). The summed E-state index contributed by atoms with van der Waals surface area (Å²) in [5, 5.41) is 4.01. The molecular weight excluding hydrogens is 409 g/mol. The molecular formula is C21H17F3N6O. The Balaban J connectivity index is 1.65. The molecule has 31 heavy (non-hydrogen) atoms. The maximum absolute atomic E-state index is 12.8. The summed E-state index contributed by atoms with van der Waals surface area (Å²) in [4.78, 5) is 26.3. The van der Waals surface area contributed by atoms with E-state index >= 15 is 0 Å². The van der Waals surface area contributed by atoms with Crippen LogP contribution in [0.4, 0.5) is 18.9 Å². The van der Waals surface area contributed by atoms with Crippen LogP contribution < -0.4 is 4.90 Å². The van der Waals surface area contributed by atoms with Gasteiger partial charge in [0.25, 0.3) is 5.91 Å². The van der Waals surface area contributed by atoms with Gasteiger partial charge in [-0.15, -0.1) is 0 Å². The van der Waals surface area contributed by atoms with Crippen molar-refractivity contribution >= 4 is 22.6 Å². The molecule has 7 nitrogen and oxygen atoms in total. The maximum atomic E-state index is 12.8. The summed E-state index contributed by atoms with van der Waals surface area (Å²) in [7, 11) is 3.36. The lowest BCUT2D eigenvalue weighted by molar-refractivity contribution is -0.140. The number of benzene rings is 1. The second kappa shape index (κ2) is 7.46. The molecule has 0 saturated carbocycles. The van der Waals surface area contributed by atoms with Crippen molar-refractivity contribution in [2.75, 3.05) is 11.9 Å². The van der Waals surface area contributed by atoms with Crippen LogP contribution in [0.25, 0.3) is 22.4 Å². The SMILES string of the molecule is Cc1cc(N(C)C(=O)c2ccnn2C)ccc1-c1ncc2nc(C(F)(F)F)ccc2n1. The fourth-order valence-corrected chi connectivity index (χ4v) is 3.19. The maximum Gasteiger partial charge on any atom is 0.433 e. The van der Waals surface area contributed by atoms with Crippen LogP contribution in [0.1, 0.15) is 21.7 Å². The van der Waals surface area contributed by atoms with E-state index in [4.69, 9.17) is 0 Å². The van der Waals surface area contributed by atoms with Gasteiger partial charge in [0.1, 0.15) is 16.9 Å². The highest BCUT2D eigenvalue weighted by Crippen LogP contribution is 2.30. The van der Waals surface area contributed by atoms with Crippen LogP contribution in [0, 0.1) is 6.92 Å². The number of carbonyl (C=O) groups excluding carboxylic acids is 1. The zero-order valence-corrected chi connectivity index (χ0v) is 16.8. The zero-order chi connectivity index (χ0) is 22.3. The Kier molecular flexibility index (Phi) is 4.92. The molecule has 10 heteroatoms. The first-order valence-corrected chi connectivity index (χ1v) is 9.23. The minimum Gasteiger partial charge on any atom is -0.310 e. The molecule has 0 aliphatic heterocycles. The fraction of sp³-hybridized carbons (Fsp3) is 0.190. The molecule has 0 N–H and O–H groups in total. The molecule has 0 saturated heterocycles. The lowest BCUT2D eigenvalue weighted by Crippen LogP contribution is -2.28. The number of fused-ring (bicyclic) bond motifs is 1. The summed E-state index contributed by atoms with van der Waals surface area (Å²) in [6.07, 6.45) is -1.70. The van der Waals surface area contributed by atoms with Gasteiger partial charge in [0.15, 0.2) is 5.82 Å². The topological polar surface area (TPSA) is 76.8 Å². The van der Waals surface area contributed by atoms with Crippen LogP contribution in [0.3, 0.4) is 0 Å². The fourth-order valence-electron chi connectivity index (χ4n) is 3.19. The number of hydrogen-bond acceptors (Lipinski definition) is 5. The molecule has 0 radical (unpaired) electrons. The van der Waals surface area contributed by atoms with Gasteiger partial charge in [-0.3, -0.25) is 9.48 Å². The van der Waals surface area contributed by atoms with Crippen molar-refractivity contribution in [1.82, 2.24) is 24.7 Å². The van der Waals surface area contributed by atoms with Crippen molar-refractivity contribution in [2.45, 2.75) is 13.1 Å². The van der Waals surface area contributed by atoms with E-state index in [1.807, 2.05) is 13.0 Å². The Morgan fingerprint density at radius 3 is 2.48 bits per heavy atom. The molecule has 0 aliphatic carbocycles. The lowest BCUT2D eigenvalue weighted by Gasteiger charge is -2.19. The summed E-state index contributed by atoms with van der Waals surface area (Å²) in [6, 6.07) is 9.17. The van der Waals surface area contributed by atoms with E-state index in [0.717, 1.165) is 11.6 Å². The molecule has 0 unspecified atom stereocenters. The average molecular weight is 426 g/mol. The molecule has 3 aromatic heterocycles. The largest absolute Gasteiger partial charge is 0.433 e. The van der Waals surface area contributed by atoms with Gasteiger partial charge in [0, 0.05) is 31.5 Å². The lowest BCUT2D eigenvalue weighted by atomic mass is 10.1. The summed E-state index contributed by atoms with van der Waals surface area (Å²) in [5.41, 5.74) is 2.02. The number of aryl methyl sites for hydroxylation is 2. The quantitative estimate of drug-likeness (QED) is 0.494. The smallest absolute Gasteiger partial charge is 0.310 e. The summed E-state index contributed by atoms with van der Waals surface area (Å²) in [5.74, 6) is 0.152. The number of amides is 1. The summed E-state index contributed by atoms with van der Waals surface area (Å²) >= 11 is 0. The van der Waals surface area contributed by atoms with E-state index in [0.29, 0.717) is 28.3 Å². The first-order valence-electron chi connectivity index (χ1n) is 9.23. The Bertz CT molecular complexity index is 1300. The monoisotopic (exact) mass is 426 g/mol. The predicted octanol–water partition coefficient (Wildman–Crippen LogP) is 4.03. The van der Waals surface area contributed by atoms with Crippen molar-refractivity contribution in [3.05, 3.63) is 65.7 Å². The van der Waals surface area contributed by atoms with E-state index in [1.165, 1.54) is 21.8 Å². The summed E-state index contributed by atoms with van der Waals surface area (Å²) < 4.78 is 40.0. The Morgan fingerprint density at radius 1 is 1.06 bits per heavy atom. The highest BCUT2D eigenvalue weighted by Gasteiger charge is 2.32. The zero-order valence-electron chi connectivity index (χ0n) is 16.8. The number of halogens is 3. The number of hydrogen-bond donors (Lipinski definition) is 0. The van der Waals surface area contributed by atoms with E-state index in [1.54, 1.807) is 38.5 Å². The van der Waals surface area contributed by atoms with Crippen LogP contribution in [-0.4, -0.2) is 37.7 Å². The minimum absolute atomic E-state index is 0.0642. The van der Waals surface area contributed by atoms with E-state index < -0.39 is 11.9 Å². The van der Waals surface area contributed by atoms with Gasteiger partial charge < -0.3 is 4.90 Å². The second-order valence-electron chi connectivity index (χ2n) is 7.00. The number of alkyl halides is 3. The van der Waals surface area contributed by atoms with Crippen molar-refractivity contribution in [3.8, 4) is 11.4 Å². The second-order valence-corrected chi connectivity index (χ2v) is 7.00. The molecule has 0 bridgehead atoms. The number of anilines is 1. The molecule has 0 atom stereocenters.